The van der Waals surface area contributed by atoms with E-state index in [-0.39, 0.29) is 18.5 Å². The zero-order chi connectivity index (χ0) is 51.4. The first-order valence-electron chi connectivity index (χ1n) is 31.7. The molecular weight excluding hydrogens is 875 g/mol. The molecule has 0 aliphatic heterocycles. The smallest absolute Gasteiger partial charge is 0.305 e. The molecule has 0 saturated heterocycles. The van der Waals surface area contributed by atoms with E-state index in [2.05, 4.69) is 55.6 Å². The van der Waals surface area contributed by atoms with Crippen LogP contribution in [0.2, 0.25) is 0 Å². The van der Waals surface area contributed by atoms with E-state index in [4.69, 9.17) is 4.74 Å². The van der Waals surface area contributed by atoms with Gasteiger partial charge in [-0.25, -0.2) is 0 Å². The molecular formula is C65H123NO5. The molecule has 0 bridgehead atoms. The summed E-state index contributed by atoms with van der Waals surface area (Å²) in [6.07, 6.45) is 75.9. The first kappa shape index (κ1) is 69.1. The Morgan fingerprint density at radius 1 is 0.394 bits per heavy atom. The summed E-state index contributed by atoms with van der Waals surface area (Å²) in [4.78, 5) is 24.5. The third kappa shape index (κ3) is 57.2. The second-order valence-electron chi connectivity index (χ2n) is 21.7. The summed E-state index contributed by atoms with van der Waals surface area (Å²) in [5.74, 6) is -0.0367. The third-order valence-corrected chi connectivity index (χ3v) is 14.7. The lowest BCUT2D eigenvalue weighted by Gasteiger charge is -2.22. The van der Waals surface area contributed by atoms with Gasteiger partial charge in [0, 0.05) is 12.8 Å². The summed E-state index contributed by atoms with van der Waals surface area (Å²) in [6, 6.07) is -0.544. The van der Waals surface area contributed by atoms with Gasteiger partial charge in [0.15, 0.2) is 0 Å². The van der Waals surface area contributed by atoms with Crippen LogP contribution in [0.3, 0.4) is 0 Å². The maximum atomic E-state index is 12.5. The van der Waals surface area contributed by atoms with E-state index in [9.17, 15) is 19.8 Å². The lowest BCUT2D eigenvalue weighted by molar-refractivity contribution is -0.143. The minimum atomic E-state index is -0.667. The van der Waals surface area contributed by atoms with Crippen LogP contribution in [0.1, 0.15) is 341 Å². The predicted molar refractivity (Wildman–Crippen MR) is 310 cm³/mol. The van der Waals surface area contributed by atoms with Gasteiger partial charge in [-0.2, -0.15) is 0 Å². The summed E-state index contributed by atoms with van der Waals surface area (Å²) >= 11 is 0. The topological polar surface area (TPSA) is 95.9 Å². The maximum Gasteiger partial charge on any atom is 0.305 e. The Morgan fingerprint density at radius 3 is 1.13 bits per heavy atom. The number of esters is 1. The average Bonchev–Trinajstić information content (AvgIpc) is 3.37. The van der Waals surface area contributed by atoms with E-state index in [1.807, 2.05) is 0 Å². The first-order valence-corrected chi connectivity index (χ1v) is 31.7. The molecule has 0 heterocycles. The number of ether oxygens (including phenoxy) is 1. The van der Waals surface area contributed by atoms with Crippen LogP contribution in [0.25, 0.3) is 0 Å². The van der Waals surface area contributed by atoms with Crippen molar-refractivity contribution < 1.29 is 24.5 Å². The molecule has 3 N–H and O–H groups in total. The summed E-state index contributed by atoms with van der Waals surface area (Å²) in [7, 11) is 0. The molecule has 0 saturated carbocycles. The molecule has 0 aliphatic rings. The number of carbonyl (C=O) groups is 2. The van der Waals surface area contributed by atoms with Gasteiger partial charge in [0.25, 0.3) is 0 Å². The molecule has 0 radical (unpaired) electrons. The number of carbonyl (C=O) groups excluding carboxylic acids is 2. The van der Waals surface area contributed by atoms with Crippen LogP contribution in [0.5, 0.6) is 0 Å². The zero-order valence-corrected chi connectivity index (χ0v) is 47.7. The maximum absolute atomic E-state index is 12.5. The van der Waals surface area contributed by atoms with Gasteiger partial charge in [0.2, 0.25) is 5.91 Å². The Balaban J connectivity index is 3.43. The van der Waals surface area contributed by atoms with Crippen molar-refractivity contribution in [2.24, 2.45) is 0 Å². The van der Waals surface area contributed by atoms with Gasteiger partial charge in [0.05, 0.1) is 25.4 Å². The number of aliphatic hydroxyl groups excluding tert-OH is 2. The van der Waals surface area contributed by atoms with Crippen LogP contribution < -0.4 is 5.32 Å². The van der Waals surface area contributed by atoms with Crippen LogP contribution in [-0.4, -0.2) is 47.4 Å². The molecule has 6 heteroatoms. The van der Waals surface area contributed by atoms with Crippen molar-refractivity contribution in [1.29, 1.82) is 0 Å². The van der Waals surface area contributed by atoms with Crippen molar-refractivity contribution in [3.63, 3.8) is 0 Å². The minimum absolute atomic E-state index is 0.000491. The lowest BCUT2D eigenvalue weighted by atomic mass is 10.0. The predicted octanol–water partition coefficient (Wildman–Crippen LogP) is 20.0. The number of rotatable bonds is 59. The largest absolute Gasteiger partial charge is 0.466 e. The monoisotopic (exact) mass is 998 g/mol. The third-order valence-electron chi connectivity index (χ3n) is 14.7. The molecule has 0 aromatic rings. The zero-order valence-electron chi connectivity index (χ0n) is 47.7. The van der Waals surface area contributed by atoms with Crippen molar-refractivity contribution in [2.45, 2.75) is 353 Å². The fourth-order valence-electron chi connectivity index (χ4n) is 9.77. The molecule has 2 atom stereocenters. The molecule has 6 nitrogen and oxygen atoms in total. The lowest BCUT2D eigenvalue weighted by Crippen LogP contribution is -2.45. The molecule has 0 aromatic heterocycles. The van der Waals surface area contributed by atoms with Gasteiger partial charge in [-0.3, -0.25) is 9.59 Å². The molecule has 2 unspecified atom stereocenters. The highest BCUT2D eigenvalue weighted by molar-refractivity contribution is 5.76. The summed E-state index contributed by atoms with van der Waals surface area (Å²) in [5, 5.41) is 23.3. The van der Waals surface area contributed by atoms with E-state index in [0.717, 1.165) is 51.4 Å². The summed E-state index contributed by atoms with van der Waals surface area (Å²) in [5.41, 5.74) is 0. The Labute approximate surface area is 443 Å². The number of hydrogen-bond acceptors (Lipinski definition) is 5. The Bertz CT molecular complexity index is 1150. The highest BCUT2D eigenvalue weighted by Gasteiger charge is 2.20. The van der Waals surface area contributed by atoms with Crippen molar-refractivity contribution in [3.8, 4) is 0 Å². The van der Waals surface area contributed by atoms with E-state index in [1.54, 1.807) is 0 Å². The molecule has 0 rings (SSSR count). The molecule has 0 aliphatic carbocycles. The Kier molecular flexibility index (Phi) is 59.0. The SMILES string of the molecule is CCCC/C=C\CCCCCCCC(=O)OCCCCCCCCCCC/C=C\C/C=C\CCCCCCCCCCCCCC(=O)NC(CO)C(O)CCCCCCCCCCCCCCCCCC. The van der Waals surface area contributed by atoms with Crippen molar-refractivity contribution in [1.82, 2.24) is 5.32 Å². The van der Waals surface area contributed by atoms with Crippen molar-refractivity contribution in [2.75, 3.05) is 13.2 Å². The average molecular weight is 999 g/mol. The summed E-state index contributed by atoms with van der Waals surface area (Å²) in [6.45, 7) is 4.93. The van der Waals surface area contributed by atoms with Crippen LogP contribution >= 0.6 is 0 Å². The number of nitrogens with one attached hydrogen (secondary N) is 1. The van der Waals surface area contributed by atoms with Crippen LogP contribution in [0, 0.1) is 0 Å². The Hall–Kier alpha value is -1.92. The second-order valence-corrected chi connectivity index (χ2v) is 21.7. The van der Waals surface area contributed by atoms with Crippen molar-refractivity contribution >= 4 is 11.9 Å². The summed E-state index contributed by atoms with van der Waals surface area (Å²) < 4.78 is 5.45. The van der Waals surface area contributed by atoms with E-state index < -0.39 is 12.1 Å². The molecule has 71 heavy (non-hydrogen) atoms. The number of amides is 1. The van der Waals surface area contributed by atoms with Gasteiger partial charge >= 0.3 is 5.97 Å². The van der Waals surface area contributed by atoms with Crippen molar-refractivity contribution in [3.05, 3.63) is 36.5 Å². The molecule has 0 spiro atoms. The van der Waals surface area contributed by atoms with Gasteiger partial charge < -0.3 is 20.3 Å². The fraction of sp³-hybridized carbons (Fsp3) is 0.877. The van der Waals surface area contributed by atoms with Gasteiger partial charge in [-0.05, 0) is 77.0 Å². The highest BCUT2D eigenvalue weighted by Crippen LogP contribution is 2.17. The van der Waals surface area contributed by atoms with Crippen LogP contribution in [0.15, 0.2) is 36.5 Å². The quantitative estimate of drug-likeness (QED) is 0.0321. The minimum Gasteiger partial charge on any atom is -0.466 e. The van der Waals surface area contributed by atoms with E-state index in [1.165, 1.54) is 257 Å². The normalized spacial score (nSPS) is 12.8. The van der Waals surface area contributed by atoms with Crippen LogP contribution in [0.4, 0.5) is 0 Å². The number of unbranched alkanes of at least 4 members (excludes halogenated alkanes) is 42. The second kappa shape index (κ2) is 60.6. The van der Waals surface area contributed by atoms with Gasteiger partial charge in [-0.1, -0.05) is 288 Å². The first-order chi connectivity index (χ1) is 35.0. The van der Waals surface area contributed by atoms with E-state index >= 15 is 0 Å². The molecule has 418 valence electrons. The number of allylic oxidation sites excluding steroid dienone is 6. The van der Waals surface area contributed by atoms with Crippen LogP contribution in [-0.2, 0) is 14.3 Å². The van der Waals surface area contributed by atoms with Gasteiger partial charge in [-0.15, -0.1) is 0 Å². The molecule has 0 fully saturated rings. The highest BCUT2D eigenvalue weighted by atomic mass is 16.5. The Morgan fingerprint density at radius 2 is 0.718 bits per heavy atom. The number of aliphatic hydroxyl groups is 2. The fourth-order valence-corrected chi connectivity index (χ4v) is 9.77. The molecule has 1 amide bonds. The standard InChI is InChI=1S/C65H123NO5/c1-3-5-7-9-11-13-15-16-17-31-34-38-41-45-49-53-57-63(68)62(61-67)66-64(69)58-54-50-46-42-39-35-32-29-27-25-23-21-19-18-20-22-24-26-28-30-33-36-40-44-48-52-56-60-71-65(70)59-55-51-47-43-37-14-12-10-8-6-4-2/h10,12,18-19,22,24,62-63,67-68H,3-9,11,13-17,20-21,23,25-61H2,1-2H3,(H,66,69)/b12-10-,19-18-,24-22-. The van der Waals surface area contributed by atoms with Gasteiger partial charge in [0.1, 0.15) is 0 Å². The molecule has 0 aromatic carbocycles. The number of hydrogen-bond donors (Lipinski definition) is 3. The van der Waals surface area contributed by atoms with E-state index in [0.29, 0.717) is 25.9 Å².